The molecule has 0 amide bonds. The number of esters is 1. The van der Waals surface area contributed by atoms with Crippen LogP contribution < -0.4 is 14.2 Å². The normalized spacial score (nSPS) is 10.8. The van der Waals surface area contributed by atoms with E-state index in [1.807, 2.05) is 6.07 Å². The van der Waals surface area contributed by atoms with Gasteiger partial charge in [0.05, 0.1) is 25.9 Å². The maximum Gasteiger partial charge on any atom is 0.308 e. The zero-order valence-electron chi connectivity index (χ0n) is 14.0. The van der Waals surface area contributed by atoms with Crippen LogP contribution in [0.1, 0.15) is 18.1 Å². The fourth-order valence-electron chi connectivity index (χ4n) is 2.19. The highest BCUT2D eigenvalue weighted by molar-refractivity contribution is 5.90. The maximum absolute atomic E-state index is 14.2. The smallest absolute Gasteiger partial charge is 0.308 e. The average Bonchev–Trinajstić information content (AvgIpc) is 2.60. The Morgan fingerprint density at radius 1 is 1.12 bits per heavy atom. The minimum atomic E-state index is -0.605. The molecule has 0 radical (unpaired) electrons. The molecule has 0 fully saturated rings. The summed E-state index contributed by atoms with van der Waals surface area (Å²) in [6.45, 7) is 1.23. The predicted molar refractivity (Wildman–Crippen MR) is 90.7 cm³/mol. The molecule has 2 aromatic rings. The van der Waals surface area contributed by atoms with Crippen molar-refractivity contribution in [3.05, 3.63) is 53.3 Å². The highest BCUT2D eigenvalue weighted by Gasteiger charge is 2.10. The Hall–Kier alpha value is -3.33. The van der Waals surface area contributed by atoms with Gasteiger partial charge >= 0.3 is 5.97 Å². The van der Waals surface area contributed by atoms with Crippen molar-refractivity contribution in [3.8, 4) is 23.3 Å². The lowest BCUT2D eigenvalue weighted by Crippen LogP contribution is -2.01. The van der Waals surface area contributed by atoms with E-state index in [2.05, 4.69) is 0 Å². The fourth-order valence-corrected chi connectivity index (χ4v) is 2.19. The summed E-state index contributed by atoms with van der Waals surface area (Å²) in [5.41, 5.74) is 1.01. The number of hydrogen-bond acceptors (Lipinski definition) is 5. The number of carbonyl (C=O) groups is 1. The van der Waals surface area contributed by atoms with Crippen molar-refractivity contribution in [2.75, 3.05) is 14.2 Å². The maximum atomic E-state index is 14.2. The Labute approximate surface area is 144 Å². The highest BCUT2D eigenvalue weighted by atomic mass is 19.1. The first kappa shape index (κ1) is 18.0. The van der Waals surface area contributed by atoms with E-state index in [-0.39, 0.29) is 16.9 Å². The third-order valence-electron chi connectivity index (χ3n) is 3.35. The van der Waals surface area contributed by atoms with E-state index in [0.717, 1.165) is 6.07 Å². The summed E-state index contributed by atoms with van der Waals surface area (Å²) in [7, 11) is 3.00. The van der Waals surface area contributed by atoms with Gasteiger partial charge in [0, 0.05) is 18.6 Å². The van der Waals surface area contributed by atoms with Crippen LogP contribution in [0, 0.1) is 17.1 Å². The van der Waals surface area contributed by atoms with Crippen LogP contribution in [-0.2, 0) is 4.79 Å². The summed E-state index contributed by atoms with van der Waals surface area (Å²) in [5.74, 6) is -0.0447. The Bertz CT molecular complexity index is 868. The average molecular weight is 341 g/mol. The first-order chi connectivity index (χ1) is 12.0. The Morgan fingerprint density at radius 3 is 2.40 bits per heavy atom. The monoisotopic (exact) mass is 341 g/mol. The molecule has 25 heavy (non-hydrogen) atoms. The van der Waals surface area contributed by atoms with Gasteiger partial charge in [0.15, 0.2) is 11.5 Å². The molecule has 0 heterocycles. The molecule has 0 aliphatic rings. The number of nitrogens with zero attached hydrogens (tertiary/aromatic N) is 1. The summed E-state index contributed by atoms with van der Waals surface area (Å²) in [6, 6.07) is 11.0. The lowest BCUT2D eigenvalue weighted by atomic mass is 10.0. The molecule has 0 saturated heterocycles. The third-order valence-corrected chi connectivity index (χ3v) is 3.35. The number of ether oxygens (including phenoxy) is 3. The van der Waals surface area contributed by atoms with Gasteiger partial charge in [0.2, 0.25) is 0 Å². The van der Waals surface area contributed by atoms with Crippen LogP contribution in [0.15, 0.2) is 36.4 Å². The quantitative estimate of drug-likeness (QED) is 0.358. The fraction of sp³-hybridized carbons (Fsp3) is 0.158. The highest BCUT2D eigenvalue weighted by Crippen LogP contribution is 2.31. The summed E-state index contributed by atoms with van der Waals surface area (Å²) in [4.78, 5) is 10.9. The third kappa shape index (κ3) is 4.36. The van der Waals surface area contributed by atoms with Crippen LogP contribution >= 0.6 is 0 Å². The van der Waals surface area contributed by atoms with E-state index < -0.39 is 11.8 Å². The van der Waals surface area contributed by atoms with Gasteiger partial charge < -0.3 is 14.2 Å². The molecule has 0 N–H and O–H groups in total. The van der Waals surface area contributed by atoms with Crippen LogP contribution in [0.5, 0.6) is 17.2 Å². The van der Waals surface area contributed by atoms with Gasteiger partial charge in [-0.05, 0) is 42.0 Å². The van der Waals surface area contributed by atoms with Gasteiger partial charge in [-0.15, -0.1) is 0 Å². The second-order valence-corrected chi connectivity index (χ2v) is 5.02. The molecule has 0 saturated carbocycles. The van der Waals surface area contributed by atoms with Crippen molar-refractivity contribution in [3.63, 3.8) is 0 Å². The molecule has 0 bridgehead atoms. The SMILES string of the molecule is COc1ccc(/C(C#N)=C/c2ccc(OC(C)=O)cc2F)cc1OC. The molecule has 2 aromatic carbocycles. The topological polar surface area (TPSA) is 68.5 Å². The predicted octanol–water partition coefficient (Wildman–Crippen LogP) is 3.83. The van der Waals surface area contributed by atoms with Crippen molar-refractivity contribution < 1.29 is 23.4 Å². The molecule has 0 atom stereocenters. The molecular weight excluding hydrogens is 325 g/mol. The van der Waals surface area contributed by atoms with Gasteiger partial charge in [0.1, 0.15) is 11.6 Å². The van der Waals surface area contributed by atoms with E-state index in [9.17, 15) is 14.4 Å². The van der Waals surface area contributed by atoms with E-state index in [4.69, 9.17) is 14.2 Å². The Balaban J connectivity index is 2.41. The summed E-state index contributed by atoms with van der Waals surface area (Å²) < 4.78 is 29.4. The number of nitriles is 1. The molecule has 0 aromatic heterocycles. The number of methoxy groups -OCH3 is 2. The van der Waals surface area contributed by atoms with Gasteiger partial charge in [-0.2, -0.15) is 5.26 Å². The number of allylic oxidation sites excluding steroid dienone is 1. The van der Waals surface area contributed by atoms with Crippen LogP contribution in [0.3, 0.4) is 0 Å². The van der Waals surface area contributed by atoms with Gasteiger partial charge in [-0.25, -0.2) is 4.39 Å². The Morgan fingerprint density at radius 2 is 1.84 bits per heavy atom. The first-order valence-corrected chi connectivity index (χ1v) is 7.30. The lowest BCUT2D eigenvalue weighted by molar-refractivity contribution is -0.131. The standard InChI is InChI=1S/C19H16FNO4/c1-12(22)25-16-6-4-14(17(20)10-16)8-15(11-21)13-5-7-18(23-2)19(9-13)24-3/h4-10H,1-3H3/b15-8+. The van der Waals surface area contributed by atoms with Crippen molar-refractivity contribution in [2.24, 2.45) is 0 Å². The van der Waals surface area contributed by atoms with Crippen molar-refractivity contribution in [2.45, 2.75) is 6.92 Å². The largest absolute Gasteiger partial charge is 0.493 e. The van der Waals surface area contributed by atoms with E-state index in [1.165, 1.54) is 39.4 Å². The van der Waals surface area contributed by atoms with Crippen molar-refractivity contribution >= 4 is 17.6 Å². The molecule has 128 valence electrons. The van der Waals surface area contributed by atoms with Crippen LogP contribution in [0.2, 0.25) is 0 Å². The molecular formula is C19H16FNO4. The molecule has 0 aliphatic heterocycles. The van der Waals surface area contributed by atoms with E-state index in [1.54, 1.807) is 18.2 Å². The summed E-state index contributed by atoms with van der Waals surface area (Å²) >= 11 is 0. The lowest BCUT2D eigenvalue weighted by Gasteiger charge is -2.09. The first-order valence-electron chi connectivity index (χ1n) is 7.30. The molecule has 0 unspecified atom stereocenters. The van der Waals surface area contributed by atoms with Crippen molar-refractivity contribution in [1.29, 1.82) is 5.26 Å². The Kier molecular flexibility index (Phi) is 5.75. The zero-order valence-corrected chi connectivity index (χ0v) is 14.0. The second-order valence-electron chi connectivity index (χ2n) is 5.02. The molecule has 5 nitrogen and oxygen atoms in total. The van der Waals surface area contributed by atoms with Gasteiger partial charge in [-0.3, -0.25) is 4.79 Å². The van der Waals surface area contributed by atoms with Crippen molar-refractivity contribution in [1.82, 2.24) is 0 Å². The summed E-state index contributed by atoms with van der Waals surface area (Å²) in [5, 5.41) is 9.41. The van der Waals surface area contributed by atoms with Crippen LogP contribution in [0.4, 0.5) is 4.39 Å². The molecule has 6 heteroatoms. The minimum Gasteiger partial charge on any atom is -0.493 e. The number of halogens is 1. The zero-order chi connectivity index (χ0) is 18.4. The number of hydrogen-bond donors (Lipinski definition) is 0. The van der Waals surface area contributed by atoms with Crippen LogP contribution in [0.25, 0.3) is 11.6 Å². The van der Waals surface area contributed by atoms with Crippen LogP contribution in [-0.4, -0.2) is 20.2 Å². The van der Waals surface area contributed by atoms with E-state index >= 15 is 0 Å². The molecule has 0 aliphatic carbocycles. The number of rotatable bonds is 5. The number of carbonyl (C=O) groups excluding carboxylic acids is 1. The number of benzene rings is 2. The van der Waals surface area contributed by atoms with Gasteiger partial charge in [-0.1, -0.05) is 0 Å². The molecule has 0 spiro atoms. The summed E-state index contributed by atoms with van der Waals surface area (Å²) in [6.07, 6.45) is 1.41. The second kappa shape index (κ2) is 7.97. The minimum absolute atomic E-state index is 0.103. The van der Waals surface area contributed by atoms with Gasteiger partial charge in [0.25, 0.3) is 0 Å². The van der Waals surface area contributed by atoms with E-state index in [0.29, 0.717) is 17.1 Å². The molecule has 2 rings (SSSR count).